The average molecular weight is 355 g/mol. The van der Waals surface area contributed by atoms with Gasteiger partial charge in [-0.15, -0.1) is 0 Å². The Balaban J connectivity index is 2.29. The summed E-state index contributed by atoms with van der Waals surface area (Å²) in [4.78, 5) is 11.5. The Bertz CT molecular complexity index is 628. The fraction of sp³-hybridized carbons (Fsp3) is 0.133. The molecular formula is C15H13BrClNO2. The molecule has 104 valence electrons. The standard InChI is InChI=1S/C15H13BrClNO2/c1-9-2-5-11(6-3-9)18-14(15(19)20)10-4-7-12(16)13(17)8-10/h2-8,14,18H,1H3,(H,19,20). The minimum atomic E-state index is -0.955. The molecule has 20 heavy (non-hydrogen) atoms. The van der Waals surface area contributed by atoms with Gasteiger partial charge in [0.25, 0.3) is 0 Å². The van der Waals surface area contributed by atoms with Crippen LogP contribution in [0, 0.1) is 6.92 Å². The molecule has 2 aromatic rings. The van der Waals surface area contributed by atoms with Gasteiger partial charge in [0.1, 0.15) is 0 Å². The maximum Gasteiger partial charge on any atom is 0.330 e. The number of nitrogens with one attached hydrogen (secondary N) is 1. The molecule has 2 rings (SSSR count). The Morgan fingerprint density at radius 1 is 1.25 bits per heavy atom. The topological polar surface area (TPSA) is 49.3 Å². The van der Waals surface area contributed by atoms with Crippen molar-refractivity contribution in [1.82, 2.24) is 0 Å². The quantitative estimate of drug-likeness (QED) is 0.840. The molecule has 3 nitrogen and oxygen atoms in total. The van der Waals surface area contributed by atoms with Gasteiger partial charge in [-0.25, -0.2) is 4.79 Å². The van der Waals surface area contributed by atoms with Crippen LogP contribution in [0.1, 0.15) is 17.2 Å². The molecule has 0 fully saturated rings. The number of carbonyl (C=O) groups is 1. The Hall–Kier alpha value is -1.52. The van der Waals surface area contributed by atoms with E-state index in [1.807, 2.05) is 31.2 Å². The molecule has 0 spiro atoms. The van der Waals surface area contributed by atoms with E-state index in [-0.39, 0.29) is 0 Å². The van der Waals surface area contributed by atoms with Crippen molar-refractivity contribution in [2.24, 2.45) is 0 Å². The van der Waals surface area contributed by atoms with Crippen LogP contribution in [0.25, 0.3) is 0 Å². The average Bonchev–Trinajstić information content (AvgIpc) is 2.41. The van der Waals surface area contributed by atoms with Crippen molar-refractivity contribution in [1.29, 1.82) is 0 Å². The van der Waals surface area contributed by atoms with E-state index < -0.39 is 12.0 Å². The summed E-state index contributed by atoms with van der Waals surface area (Å²) in [5, 5.41) is 12.9. The van der Waals surface area contributed by atoms with E-state index in [2.05, 4.69) is 21.2 Å². The molecule has 0 bridgehead atoms. The lowest BCUT2D eigenvalue weighted by molar-refractivity contribution is -0.138. The molecule has 1 unspecified atom stereocenters. The van der Waals surface area contributed by atoms with E-state index in [9.17, 15) is 9.90 Å². The largest absolute Gasteiger partial charge is 0.479 e. The molecule has 0 saturated heterocycles. The number of rotatable bonds is 4. The van der Waals surface area contributed by atoms with Crippen molar-refractivity contribution in [2.45, 2.75) is 13.0 Å². The summed E-state index contributed by atoms with van der Waals surface area (Å²) in [6, 6.07) is 11.8. The zero-order valence-electron chi connectivity index (χ0n) is 10.7. The molecule has 1 atom stereocenters. The summed E-state index contributed by atoms with van der Waals surface area (Å²) in [7, 11) is 0. The minimum absolute atomic E-state index is 0.486. The summed E-state index contributed by atoms with van der Waals surface area (Å²) >= 11 is 9.31. The van der Waals surface area contributed by atoms with Crippen LogP contribution in [-0.4, -0.2) is 11.1 Å². The van der Waals surface area contributed by atoms with Gasteiger partial charge in [-0.3, -0.25) is 0 Å². The normalized spacial score (nSPS) is 11.9. The summed E-state index contributed by atoms with van der Waals surface area (Å²) < 4.78 is 0.738. The first kappa shape index (κ1) is 14.9. The van der Waals surface area contributed by atoms with Crippen molar-refractivity contribution in [3.05, 3.63) is 63.1 Å². The van der Waals surface area contributed by atoms with Gasteiger partial charge in [-0.1, -0.05) is 35.4 Å². The number of halogens is 2. The Morgan fingerprint density at radius 3 is 2.45 bits per heavy atom. The molecule has 0 aliphatic carbocycles. The zero-order valence-corrected chi connectivity index (χ0v) is 13.1. The molecule has 2 N–H and O–H groups in total. The second kappa shape index (κ2) is 6.29. The fourth-order valence-electron chi connectivity index (χ4n) is 1.80. The second-order valence-electron chi connectivity index (χ2n) is 4.46. The van der Waals surface area contributed by atoms with E-state index >= 15 is 0 Å². The van der Waals surface area contributed by atoms with Crippen LogP contribution in [0.5, 0.6) is 0 Å². The summed E-state index contributed by atoms with van der Waals surface area (Å²) in [6.07, 6.45) is 0. The van der Waals surface area contributed by atoms with Crippen LogP contribution >= 0.6 is 27.5 Å². The molecule has 0 heterocycles. The number of carboxylic acids is 1. The molecule has 0 aliphatic rings. The third kappa shape index (κ3) is 3.52. The van der Waals surface area contributed by atoms with Crippen LogP contribution < -0.4 is 5.32 Å². The number of hydrogen-bond acceptors (Lipinski definition) is 2. The number of benzene rings is 2. The van der Waals surface area contributed by atoms with Crippen LogP contribution in [0.3, 0.4) is 0 Å². The molecule has 0 aliphatic heterocycles. The smallest absolute Gasteiger partial charge is 0.330 e. The second-order valence-corrected chi connectivity index (χ2v) is 5.72. The fourth-order valence-corrected chi connectivity index (χ4v) is 2.23. The number of anilines is 1. The zero-order chi connectivity index (χ0) is 14.7. The molecule has 5 heteroatoms. The number of aliphatic carboxylic acids is 1. The van der Waals surface area contributed by atoms with Gasteiger partial charge in [0.05, 0.1) is 5.02 Å². The van der Waals surface area contributed by atoms with Gasteiger partial charge >= 0.3 is 5.97 Å². The summed E-state index contributed by atoms with van der Waals surface area (Å²) in [5.41, 5.74) is 2.47. The highest BCUT2D eigenvalue weighted by atomic mass is 79.9. The van der Waals surface area contributed by atoms with Gasteiger partial charge < -0.3 is 10.4 Å². The van der Waals surface area contributed by atoms with Gasteiger partial charge in [-0.2, -0.15) is 0 Å². The molecular weight excluding hydrogens is 342 g/mol. The van der Waals surface area contributed by atoms with Gasteiger partial charge in [0.2, 0.25) is 0 Å². The highest BCUT2D eigenvalue weighted by Crippen LogP contribution is 2.28. The molecule has 2 aromatic carbocycles. The maximum atomic E-state index is 11.5. The lowest BCUT2D eigenvalue weighted by Gasteiger charge is -2.17. The summed E-state index contributed by atoms with van der Waals surface area (Å²) in [5.74, 6) is -0.955. The highest BCUT2D eigenvalue weighted by Gasteiger charge is 2.20. The van der Waals surface area contributed by atoms with Crippen molar-refractivity contribution >= 4 is 39.2 Å². The predicted molar refractivity (Wildman–Crippen MR) is 84.3 cm³/mol. The highest BCUT2D eigenvalue weighted by molar-refractivity contribution is 9.10. The van der Waals surface area contributed by atoms with Gasteiger partial charge in [0, 0.05) is 10.2 Å². The third-order valence-electron chi connectivity index (χ3n) is 2.89. The monoisotopic (exact) mass is 353 g/mol. The van der Waals surface area contributed by atoms with Crippen LogP contribution in [-0.2, 0) is 4.79 Å². The van der Waals surface area contributed by atoms with E-state index in [1.165, 1.54) is 0 Å². The first-order valence-electron chi connectivity index (χ1n) is 5.98. The van der Waals surface area contributed by atoms with Crippen LogP contribution in [0.15, 0.2) is 46.9 Å². The van der Waals surface area contributed by atoms with Gasteiger partial charge in [0.15, 0.2) is 6.04 Å². The third-order valence-corrected chi connectivity index (χ3v) is 4.12. The lowest BCUT2D eigenvalue weighted by atomic mass is 10.1. The molecule has 0 amide bonds. The first-order valence-corrected chi connectivity index (χ1v) is 7.15. The molecule has 0 radical (unpaired) electrons. The van der Waals surface area contributed by atoms with Crippen molar-refractivity contribution in [3.8, 4) is 0 Å². The Labute approximate surface area is 130 Å². The lowest BCUT2D eigenvalue weighted by Crippen LogP contribution is -2.20. The minimum Gasteiger partial charge on any atom is -0.479 e. The van der Waals surface area contributed by atoms with Crippen LogP contribution in [0.2, 0.25) is 5.02 Å². The number of hydrogen-bond donors (Lipinski definition) is 2. The Morgan fingerprint density at radius 2 is 1.90 bits per heavy atom. The van der Waals surface area contributed by atoms with E-state index in [0.717, 1.165) is 15.7 Å². The van der Waals surface area contributed by atoms with Gasteiger partial charge in [-0.05, 0) is 52.7 Å². The van der Waals surface area contributed by atoms with E-state index in [4.69, 9.17) is 11.6 Å². The molecule has 0 saturated carbocycles. The maximum absolute atomic E-state index is 11.5. The number of carboxylic acid groups (broad SMARTS) is 1. The van der Waals surface area contributed by atoms with Crippen molar-refractivity contribution < 1.29 is 9.90 Å². The van der Waals surface area contributed by atoms with E-state index in [0.29, 0.717) is 10.6 Å². The SMILES string of the molecule is Cc1ccc(NC(C(=O)O)c2ccc(Br)c(Cl)c2)cc1. The summed E-state index contributed by atoms with van der Waals surface area (Å²) in [6.45, 7) is 1.98. The molecule has 0 aromatic heterocycles. The van der Waals surface area contributed by atoms with E-state index in [1.54, 1.807) is 18.2 Å². The van der Waals surface area contributed by atoms with Crippen molar-refractivity contribution in [3.63, 3.8) is 0 Å². The first-order chi connectivity index (χ1) is 9.47. The predicted octanol–water partition coefficient (Wildman–Crippen LogP) is 4.65. The van der Waals surface area contributed by atoms with Crippen molar-refractivity contribution in [2.75, 3.05) is 5.32 Å². The Kier molecular flexibility index (Phi) is 4.68. The number of aryl methyl sites for hydroxylation is 1. The van der Waals surface area contributed by atoms with Crippen LogP contribution in [0.4, 0.5) is 5.69 Å².